The molecule has 1 amide bonds. The van der Waals surface area contributed by atoms with Gasteiger partial charge >= 0.3 is 0 Å². The summed E-state index contributed by atoms with van der Waals surface area (Å²) in [6, 6.07) is 4.45. The summed E-state index contributed by atoms with van der Waals surface area (Å²) in [5.41, 5.74) is 8.19. The van der Waals surface area contributed by atoms with Gasteiger partial charge in [-0.05, 0) is 93.3 Å². The standard InChI is InChI=1S/C28H36N2O2S.ClH/c1-5-22-23-8-13-30(20(4)31)16-27(23)33-26(22)9-12-29-10-6-21(7-11-29)24-17-32-25-15-18(2)14-19(3)28(24)25;/h14-15,17,21H,5-13,16H2,1-4H3;1H. The Morgan fingerprint density at radius 2 is 1.94 bits per heavy atom. The molecule has 6 heteroatoms. The van der Waals surface area contributed by atoms with E-state index in [4.69, 9.17) is 4.42 Å². The van der Waals surface area contributed by atoms with Crippen molar-refractivity contribution in [3.8, 4) is 0 Å². The third-order valence-corrected chi connectivity index (χ3v) is 9.10. The first-order valence-electron chi connectivity index (χ1n) is 12.5. The molecule has 1 aromatic carbocycles. The first kappa shape index (κ1) is 25.3. The fraction of sp³-hybridized carbons (Fsp3) is 0.536. The number of furan rings is 1. The molecule has 0 saturated carbocycles. The normalized spacial score (nSPS) is 17.1. The predicted octanol–water partition coefficient (Wildman–Crippen LogP) is 6.42. The zero-order chi connectivity index (χ0) is 23.1. The number of rotatable bonds is 5. The second-order valence-electron chi connectivity index (χ2n) is 9.96. The van der Waals surface area contributed by atoms with Crippen LogP contribution in [0.25, 0.3) is 11.0 Å². The van der Waals surface area contributed by atoms with Crippen LogP contribution in [0.5, 0.6) is 0 Å². The van der Waals surface area contributed by atoms with E-state index in [1.54, 1.807) is 22.9 Å². The minimum Gasteiger partial charge on any atom is -0.464 e. The van der Waals surface area contributed by atoms with Crippen LogP contribution in [-0.4, -0.2) is 41.9 Å². The van der Waals surface area contributed by atoms with Gasteiger partial charge < -0.3 is 14.2 Å². The van der Waals surface area contributed by atoms with E-state index in [-0.39, 0.29) is 18.3 Å². The summed E-state index contributed by atoms with van der Waals surface area (Å²) in [6.07, 6.45) is 7.70. The molecule has 0 N–H and O–H groups in total. The van der Waals surface area contributed by atoms with E-state index in [1.807, 2.05) is 22.5 Å². The maximum absolute atomic E-state index is 11.8. The molecule has 0 radical (unpaired) electrons. The fourth-order valence-electron chi connectivity index (χ4n) is 6.01. The molecular weight excluding hydrogens is 464 g/mol. The molecule has 0 aliphatic carbocycles. The zero-order valence-electron chi connectivity index (χ0n) is 20.9. The summed E-state index contributed by atoms with van der Waals surface area (Å²) >= 11 is 1.97. The van der Waals surface area contributed by atoms with Gasteiger partial charge in [-0.15, -0.1) is 23.7 Å². The smallest absolute Gasteiger partial charge is 0.219 e. The summed E-state index contributed by atoms with van der Waals surface area (Å²) in [6.45, 7) is 13.5. The van der Waals surface area contributed by atoms with Crippen molar-refractivity contribution in [2.24, 2.45) is 0 Å². The molecule has 1 fully saturated rings. The lowest BCUT2D eigenvalue weighted by Crippen LogP contribution is -2.34. The molecule has 0 atom stereocenters. The second-order valence-corrected chi connectivity index (χ2v) is 11.2. The van der Waals surface area contributed by atoms with Crippen LogP contribution in [0.2, 0.25) is 0 Å². The maximum atomic E-state index is 11.8. The summed E-state index contributed by atoms with van der Waals surface area (Å²) in [7, 11) is 0. The van der Waals surface area contributed by atoms with Crippen LogP contribution < -0.4 is 0 Å². The lowest BCUT2D eigenvalue weighted by atomic mass is 9.88. The Kier molecular flexibility index (Phi) is 7.75. The van der Waals surface area contributed by atoms with Gasteiger partial charge in [0.1, 0.15) is 5.58 Å². The zero-order valence-corrected chi connectivity index (χ0v) is 22.5. The number of carbonyl (C=O) groups excluding carboxylic acids is 1. The molecule has 4 heterocycles. The van der Waals surface area contributed by atoms with E-state index in [2.05, 4.69) is 37.8 Å². The largest absolute Gasteiger partial charge is 0.464 e. The molecule has 0 unspecified atom stereocenters. The number of benzene rings is 1. The minimum absolute atomic E-state index is 0. The van der Waals surface area contributed by atoms with Gasteiger partial charge in [0, 0.05) is 40.7 Å². The van der Waals surface area contributed by atoms with E-state index >= 15 is 0 Å². The third-order valence-electron chi connectivity index (χ3n) is 7.78. The van der Waals surface area contributed by atoms with E-state index in [1.165, 1.54) is 39.8 Å². The Bertz CT molecular complexity index is 1170. The van der Waals surface area contributed by atoms with Crippen LogP contribution in [0.4, 0.5) is 0 Å². The molecular formula is C28H37ClN2O2S. The molecule has 3 aromatic rings. The highest BCUT2D eigenvalue weighted by molar-refractivity contribution is 7.12. The van der Waals surface area contributed by atoms with Crippen LogP contribution in [0, 0.1) is 13.8 Å². The lowest BCUT2D eigenvalue weighted by molar-refractivity contribution is -0.129. The first-order chi connectivity index (χ1) is 15.9. The van der Waals surface area contributed by atoms with Crippen LogP contribution in [0.1, 0.15) is 70.2 Å². The van der Waals surface area contributed by atoms with Crippen molar-refractivity contribution >= 4 is 40.6 Å². The molecule has 0 bridgehead atoms. The van der Waals surface area contributed by atoms with Gasteiger partial charge in [0.2, 0.25) is 5.91 Å². The maximum Gasteiger partial charge on any atom is 0.219 e. The van der Waals surface area contributed by atoms with Gasteiger partial charge in [0.25, 0.3) is 0 Å². The number of piperidine rings is 1. The number of amides is 1. The van der Waals surface area contributed by atoms with Crippen molar-refractivity contribution in [1.82, 2.24) is 9.80 Å². The molecule has 2 aliphatic heterocycles. The van der Waals surface area contributed by atoms with Crippen molar-refractivity contribution in [3.05, 3.63) is 56.0 Å². The average molecular weight is 501 g/mol. The molecule has 2 aliphatic rings. The average Bonchev–Trinajstić information content (AvgIpc) is 3.38. The number of nitrogens with zero attached hydrogens (tertiary/aromatic N) is 2. The predicted molar refractivity (Wildman–Crippen MR) is 144 cm³/mol. The highest BCUT2D eigenvalue weighted by Gasteiger charge is 2.27. The number of halogens is 1. The van der Waals surface area contributed by atoms with Crippen molar-refractivity contribution in [2.75, 3.05) is 26.2 Å². The Morgan fingerprint density at radius 1 is 1.18 bits per heavy atom. The number of hydrogen-bond acceptors (Lipinski definition) is 4. The van der Waals surface area contributed by atoms with E-state index < -0.39 is 0 Å². The second kappa shape index (κ2) is 10.4. The Hall–Kier alpha value is -1.82. The Morgan fingerprint density at radius 3 is 2.65 bits per heavy atom. The third kappa shape index (κ3) is 4.80. The van der Waals surface area contributed by atoms with Gasteiger partial charge in [-0.3, -0.25) is 4.79 Å². The molecule has 1 saturated heterocycles. The van der Waals surface area contributed by atoms with Gasteiger partial charge in [-0.25, -0.2) is 0 Å². The number of hydrogen-bond donors (Lipinski definition) is 0. The van der Waals surface area contributed by atoms with E-state index in [9.17, 15) is 4.79 Å². The van der Waals surface area contributed by atoms with Gasteiger partial charge in [0.15, 0.2) is 0 Å². The monoisotopic (exact) mass is 500 g/mol. The van der Waals surface area contributed by atoms with Crippen molar-refractivity contribution < 1.29 is 9.21 Å². The number of thiophene rings is 1. The van der Waals surface area contributed by atoms with Crippen LogP contribution in [-0.2, 0) is 30.6 Å². The summed E-state index contributed by atoms with van der Waals surface area (Å²) in [5, 5.41) is 1.34. The lowest BCUT2D eigenvalue weighted by Gasteiger charge is -2.31. The van der Waals surface area contributed by atoms with Gasteiger partial charge in [0.05, 0.1) is 12.8 Å². The van der Waals surface area contributed by atoms with E-state index in [0.717, 1.165) is 57.6 Å². The molecule has 184 valence electrons. The summed E-state index contributed by atoms with van der Waals surface area (Å²) in [4.78, 5) is 19.5. The van der Waals surface area contributed by atoms with E-state index in [0.29, 0.717) is 5.92 Å². The number of aryl methyl sites for hydroxylation is 2. The number of fused-ring (bicyclic) bond motifs is 2. The first-order valence-corrected chi connectivity index (χ1v) is 13.3. The molecule has 34 heavy (non-hydrogen) atoms. The van der Waals surface area contributed by atoms with Crippen molar-refractivity contribution in [1.29, 1.82) is 0 Å². The van der Waals surface area contributed by atoms with Gasteiger partial charge in [-0.2, -0.15) is 0 Å². The highest BCUT2D eigenvalue weighted by atomic mass is 35.5. The summed E-state index contributed by atoms with van der Waals surface area (Å²) in [5.74, 6) is 0.800. The van der Waals surface area contributed by atoms with Crippen LogP contribution in [0.15, 0.2) is 22.8 Å². The SMILES string of the molecule is CCc1c(CCN2CCC(c3coc4cc(C)cc(C)c34)CC2)sc2c1CCN(C(C)=O)C2.Cl. The van der Waals surface area contributed by atoms with Crippen LogP contribution in [0.3, 0.4) is 0 Å². The van der Waals surface area contributed by atoms with Crippen LogP contribution >= 0.6 is 23.7 Å². The Labute approximate surface area is 213 Å². The minimum atomic E-state index is 0. The number of likely N-dealkylation sites (tertiary alicyclic amines) is 1. The van der Waals surface area contributed by atoms with Crippen molar-refractivity contribution in [3.63, 3.8) is 0 Å². The summed E-state index contributed by atoms with van der Waals surface area (Å²) < 4.78 is 5.95. The molecule has 2 aromatic heterocycles. The highest BCUT2D eigenvalue weighted by Crippen LogP contribution is 2.37. The van der Waals surface area contributed by atoms with Gasteiger partial charge in [-0.1, -0.05) is 13.0 Å². The fourth-order valence-corrected chi connectivity index (χ4v) is 7.46. The Balaban J connectivity index is 0.00000274. The topological polar surface area (TPSA) is 36.7 Å². The molecule has 5 rings (SSSR count). The quantitative estimate of drug-likeness (QED) is 0.405. The van der Waals surface area contributed by atoms with Crippen molar-refractivity contribution in [2.45, 2.75) is 72.3 Å². The molecule has 0 spiro atoms. The number of carbonyl (C=O) groups is 1. The molecule has 4 nitrogen and oxygen atoms in total.